The van der Waals surface area contributed by atoms with E-state index in [4.69, 9.17) is 23.1 Å². The average Bonchev–Trinajstić information content (AvgIpc) is 3.37. The summed E-state index contributed by atoms with van der Waals surface area (Å²) in [5, 5.41) is 4.13. The number of nitrogens with zero attached hydrogens (tertiary/aromatic N) is 5. The summed E-state index contributed by atoms with van der Waals surface area (Å²) in [5.41, 5.74) is 6.32. The molecule has 0 radical (unpaired) electrons. The smallest absolute Gasteiger partial charge is 0.295 e. The zero-order chi connectivity index (χ0) is 24.9. The Balaban J connectivity index is 1.80. The summed E-state index contributed by atoms with van der Waals surface area (Å²) in [6, 6.07) is 35.2. The molecular formula is C32H17N5. The number of fused-ring (bicyclic) bond motifs is 7. The van der Waals surface area contributed by atoms with E-state index >= 15 is 0 Å². The van der Waals surface area contributed by atoms with Gasteiger partial charge in [-0.3, -0.25) is 4.40 Å². The van der Waals surface area contributed by atoms with Crippen molar-refractivity contribution in [3.05, 3.63) is 126 Å². The monoisotopic (exact) mass is 471 g/mol. The Labute approximate surface area is 212 Å². The molecule has 0 N–H and O–H groups in total. The molecule has 3 heterocycles. The molecule has 0 spiro atoms. The van der Waals surface area contributed by atoms with E-state index in [-0.39, 0.29) is 11.6 Å². The topological polar surface area (TPSA) is 38.9 Å². The van der Waals surface area contributed by atoms with E-state index in [9.17, 15) is 0 Å². The van der Waals surface area contributed by atoms with Crippen molar-refractivity contribution in [2.75, 3.05) is 0 Å². The minimum absolute atomic E-state index is 0.0120. The van der Waals surface area contributed by atoms with Gasteiger partial charge < -0.3 is 9.69 Å². The Bertz CT molecular complexity index is 2090. The van der Waals surface area contributed by atoms with Crippen LogP contribution in [-0.4, -0.2) is 14.4 Å². The van der Waals surface area contributed by atoms with Crippen LogP contribution in [0, 0.1) is 13.1 Å². The summed E-state index contributed by atoms with van der Waals surface area (Å²) < 4.78 is 2.11. The first kappa shape index (κ1) is 20.8. The van der Waals surface area contributed by atoms with Crippen molar-refractivity contribution >= 4 is 49.9 Å². The van der Waals surface area contributed by atoms with Crippen LogP contribution in [0.2, 0.25) is 0 Å². The first-order chi connectivity index (χ1) is 18.3. The number of pyridine rings is 1. The van der Waals surface area contributed by atoms with Gasteiger partial charge in [0.2, 0.25) is 5.52 Å². The quantitative estimate of drug-likeness (QED) is 0.144. The standard InChI is InChI=1S/C32H17N5/c1-33-30-31(34-2)36-32-28(35-30)25-17-22-15-9-10-16-23(22)18-26(25)29-24(20-11-5-3-6-12-20)19-27(37(29)32)21-13-7-4-8-14-21/h3-19H. The Kier molecular flexibility index (Phi) is 4.51. The average molecular weight is 472 g/mol. The van der Waals surface area contributed by atoms with Gasteiger partial charge in [-0.15, -0.1) is 9.97 Å². The van der Waals surface area contributed by atoms with Crippen LogP contribution in [0.15, 0.2) is 103 Å². The second kappa shape index (κ2) is 8.02. The van der Waals surface area contributed by atoms with Crippen LogP contribution in [0.1, 0.15) is 0 Å². The van der Waals surface area contributed by atoms with Crippen molar-refractivity contribution in [1.29, 1.82) is 0 Å². The van der Waals surface area contributed by atoms with E-state index in [1.54, 1.807) is 0 Å². The van der Waals surface area contributed by atoms with E-state index in [0.29, 0.717) is 11.2 Å². The minimum Gasteiger partial charge on any atom is -0.370 e. The van der Waals surface area contributed by atoms with E-state index in [1.165, 1.54) is 0 Å². The van der Waals surface area contributed by atoms with Crippen molar-refractivity contribution in [2.24, 2.45) is 0 Å². The minimum atomic E-state index is 0.0120. The fourth-order valence-corrected chi connectivity index (χ4v) is 5.18. The van der Waals surface area contributed by atoms with Crippen molar-refractivity contribution in [3.8, 4) is 22.4 Å². The van der Waals surface area contributed by atoms with Crippen molar-refractivity contribution in [3.63, 3.8) is 0 Å². The Morgan fingerprint density at radius 1 is 0.595 bits per heavy atom. The molecule has 37 heavy (non-hydrogen) atoms. The molecule has 0 saturated heterocycles. The fraction of sp³-hybridized carbons (Fsp3) is 0. The summed E-state index contributed by atoms with van der Waals surface area (Å²) in [6.45, 7) is 15.3. The number of rotatable bonds is 2. The highest BCUT2D eigenvalue weighted by Crippen LogP contribution is 2.42. The number of aromatic nitrogens is 3. The predicted molar refractivity (Wildman–Crippen MR) is 149 cm³/mol. The SMILES string of the molecule is [C-]#[N+]c1nc2c3cc4ccccc4cc3c3c(-c4ccccc4)cc(-c4ccccc4)n3c2nc1[N+]#[C-]. The molecule has 0 atom stereocenters. The molecule has 7 rings (SSSR count). The summed E-state index contributed by atoms with van der Waals surface area (Å²) in [4.78, 5) is 16.5. The van der Waals surface area contributed by atoms with Crippen molar-refractivity contribution in [1.82, 2.24) is 14.4 Å². The third kappa shape index (κ3) is 3.09. The maximum absolute atomic E-state index is 7.67. The molecule has 7 aromatic rings. The molecule has 5 nitrogen and oxygen atoms in total. The van der Waals surface area contributed by atoms with Gasteiger partial charge in [-0.25, -0.2) is 0 Å². The van der Waals surface area contributed by atoms with Gasteiger partial charge in [-0.05, 0) is 40.1 Å². The normalized spacial score (nSPS) is 11.2. The van der Waals surface area contributed by atoms with Gasteiger partial charge in [0.25, 0.3) is 17.3 Å². The van der Waals surface area contributed by atoms with Crippen molar-refractivity contribution < 1.29 is 0 Å². The van der Waals surface area contributed by atoms with Crippen LogP contribution >= 0.6 is 0 Å². The molecule has 0 amide bonds. The van der Waals surface area contributed by atoms with Crippen LogP contribution in [0.5, 0.6) is 0 Å². The third-order valence-corrected chi connectivity index (χ3v) is 6.82. The summed E-state index contributed by atoms with van der Waals surface area (Å²) >= 11 is 0. The molecule has 0 unspecified atom stereocenters. The van der Waals surface area contributed by atoms with Crippen LogP contribution < -0.4 is 0 Å². The fourth-order valence-electron chi connectivity index (χ4n) is 5.18. The summed E-state index contributed by atoms with van der Waals surface area (Å²) in [5.74, 6) is 0.0333. The summed E-state index contributed by atoms with van der Waals surface area (Å²) in [7, 11) is 0. The molecule has 0 aliphatic rings. The highest BCUT2D eigenvalue weighted by molar-refractivity contribution is 6.19. The molecular weight excluding hydrogens is 454 g/mol. The maximum atomic E-state index is 7.67. The van der Waals surface area contributed by atoms with Gasteiger partial charge in [0.15, 0.2) is 0 Å². The highest BCUT2D eigenvalue weighted by Gasteiger charge is 2.25. The molecule has 0 bridgehead atoms. The lowest BCUT2D eigenvalue weighted by Gasteiger charge is -2.11. The molecule has 0 saturated carbocycles. The second-order valence-electron chi connectivity index (χ2n) is 8.87. The molecule has 3 aromatic heterocycles. The van der Waals surface area contributed by atoms with Gasteiger partial charge in [0.1, 0.15) is 0 Å². The van der Waals surface area contributed by atoms with Crippen LogP contribution in [0.4, 0.5) is 11.6 Å². The van der Waals surface area contributed by atoms with Gasteiger partial charge >= 0.3 is 0 Å². The van der Waals surface area contributed by atoms with Gasteiger partial charge in [-0.2, -0.15) is 0 Å². The zero-order valence-electron chi connectivity index (χ0n) is 19.6. The molecule has 0 aliphatic carbocycles. The highest BCUT2D eigenvalue weighted by atomic mass is 15.1. The van der Waals surface area contributed by atoms with E-state index in [2.05, 4.69) is 68.7 Å². The Hall–Kier alpha value is -5.52. The lowest BCUT2D eigenvalue weighted by molar-refractivity contribution is 1.20. The number of benzene rings is 4. The van der Waals surface area contributed by atoms with Gasteiger partial charge in [-0.1, -0.05) is 98.1 Å². The molecule has 4 aromatic carbocycles. The Morgan fingerprint density at radius 3 is 1.81 bits per heavy atom. The first-order valence-electron chi connectivity index (χ1n) is 11.8. The maximum Gasteiger partial charge on any atom is 0.295 e. The van der Waals surface area contributed by atoms with Gasteiger partial charge in [0.05, 0.1) is 11.2 Å². The van der Waals surface area contributed by atoms with Gasteiger partial charge in [0, 0.05) is 16.3 Å². The van der Waals surface area contributed by atoms with E-state index in [1.807, 2.05) is 48.5 Å². The lowest BCUT2D eigenvalue weighted by Crippen LogP contribution is -1.98. The largest absolute Gasteiger partial charge is 0.370 e. The molecule has 0 fully saturated rings. The molecule has 0 aliphatic heterocycles. The predicted octanol–water partition coefficient (Wildman–Crippen LogP) is 8.62. The molecule has 5 heteroatoms. The zero-order valence-corrected chi connectivity index (χ0v) is 19.6. The summed E-state index contributed by atoms with van der Waals surface area (Å²) in [6.07, 6.45) is 0. The number of hydrogen-bond acceptors (Lipinski definition) is 2. The van der Waals surface area contributed by atoms with E-state index < -0.39 is 0 Å². The Morgan fingerprint density at radius 2 is 1.16 bits per heavy atom. The number of hydrogen-bond donors (Lipinski definition) is 0. The van der Waals surface area contributed by atoms with E-state index in [0.717, 1.165) is 49.4 Å². The first-order valence-corrected chi connectivity index (χ1v) is 11.8. The van der Waals surface area contributed by atoms with Crippen LogP contribution in [-0.2, 0) is 0 Å². The molecule has 170 valence electrons. The van der Waals surface area contributed by atoms with Crippen LogP contribution in [0.25, 0.3) is 70.3 Å². The van der Waals surface area contributed by atoms with Crippen molar-refractivity contribution in [2.45, 2.75) is 0 Å². The third-order valence-electron chi connectivity index (χ3n) is 6.82. The van der Waals surface area contributed by atoms with Crippen LogP contribution in [0.3, 0.4) is 0 Å². The second-order valence-corrected chi connectivity index (χ2v) is 8.87. The lowest BCUT2D eigenvalue weighted by atomic mass is 9.99.